The fourth-order valence-corrected chi connectivity index (χ4v) is 0.986. The minimum Gasteiger partial charge on any atom is -0.279 e. The summed E-state index contributed by atoms with van der Waals surface area (Å²) in [5, 5.41) is 4.01. The van der Waals surface area contributed by atoms with Crippen LogP contribution in [0.2, 0.25) is 0 Å². The molecule has 0 aliphatic carbocycles. The van der Waals surface area contributed by atoms with Gasteiger partial charge in [0.1, 0.15) is 6.33 Å². The molecule has 0 unspecified atom stereocenters. The van der Waals surface area contributed by atoms with Crippen molar-refractivity contribution in [1.82, 2.24) is 14.8 Å². The number of aliphatic imine (C=N–C) groups is 1. The Balaban J connectivity index is 2.49. The van der Waals surface area contributed by atoms with Gasteiger partial charge in [0, 0.05) is 6.20 Å². The molecule has 12 heavy (non-hydrogen) atoms. The van der Waals surface area contributed by atoms with Crippen molar-refractivity contribution in [1.29, 1.82) is 0 Å². The van der Waals surface area contributed by atoms with E-state index in [1.807, 2.05) is 26.1 Å². The van der Waals surface area contributed by atoms with E-state index < -0.39 is 0 Å². The number of rotatable bonds is 0. The Bertz CT molecular complexity index is 315. The Hall–Kier alpha value is -1.45. The fraction of sp³-hybridized carbons (Fsp3) is 0.375. The van der Waals surface area contributed by atoms with Gasteiger partial charge in [-0.1, -0.05) is 0 Å². The van der Waals surface area contributed by atoms with Crippen LogP contribution >= 0.6 is 0 Å². The minimum atomic E-state index is -0.150. The van der Waals surface area contributed by atoms with Gasteiger partial charge in [0.05, 0.1) is 11.8 Å². The van der Waals surface area contributed by atoms with Crippen LogP contribution in [0.5, 0.6) is 0 Å². The molecule has 1 aromatic heterocycles. The van der Waals surface area contributed by atoms with Gasteiger partial charge in [0.25, 0.3) is 0 Å². The van der Waals surface area contributed by atoms with Crippen molar-refractivity contribution in [2.24, 2.45) is 4.99 Å². The Morgan fingerprint density at radius 3 is 3.08 bits per heavy atom. The maximum atomic E-state index is 4.33. The van der Waals surface area contributed by atoms with E-state index in [1.165, 1.54) is 6.33 Å². The maximum Gasteiger partial charge on any atom is 0.173 e. The van der Waals surface area contributed by atoms with Gasteiger partial charge in [0.2, 0.25) is 0 Å². The van der Waals surface area contributed by atoms with Crippen LogP contribution in [0.3, 0.4) is 0 Å². The summed E-state index contributed by atoms with van der Waals surface area (Å²) in [6, 6.07) is 0. The lowest BCUT2D eigenvalue weighted by Gasteiger charge is -2.10. The third-order valence-electron chi connectivity index (χ3n) is 1.74. The number of aromatic nitrogens is 3. The number of fused-ring (bicyclic) bond motifs is 1. The second-order valence-electron chi connectivity index (χ2n) is 3.29. The van der Waals surface area contributed by atoms with Gasteiger partial charge in [-0.15, -0.1) is 0 Å². The molecule has 0 saturated heterocycles. The second kappa shape index (κ2) is 2.27. The molecule has 0 spiro atoms. The maximum absolute atomic E-state index is 4.33. The smallest absolute Gasteiger partial charge is 0.173 e. The molecule has 0 N–H and O–H groups in total. The molecule has 0 aromatic carbocycles. The summed E-state index contributed by atoms with van der Waals surface area (Å²) in [6.07, 6.45) is 7.14. The van der Waals surface area contributed by atoms with Crippen molar-refractivity contribution >= 4 is 12.4 Å². The predicted molar refractivity (Wildman–Crippen MR) is 47.0 cm³/mol. The standard InChI is InChI=1S/C8H10N4/c1-8(2)3-4-12-7(5-10-8)9-6-11-12/h3-6H,1-2H3. The van der Waals surface area contributed by atoms with Gasteiger partial charge in [-0.3, -0.25) is 4.99 Å². The third kappa shape index (κ3) is 1.15. The molecule has 1 aliphatic rings. The van der Waals surface area contributed by atoms with E-state index in [0.29, 0.717) is 0 Å². The van der Waals surface area contributed by atoms with E-state index in [0.717, 1.165) is 5.82 Å². The van der Waals surface area contributed by atoms with E-state index in [2.05, 4.69) is 15.1 Å². The van der Waals surface area contributed by atoms with Gasteiger partial charge >= 0.3 is 0 Å². The highest BCUT2D eigenvalue weighted by Gasteiger charge is 2.13. The normalized spacial score (nSPS) is 18.8. The lowest BCUT2D eigenvalue weighted by molar-refractivity contribution is 0.664. The topological polar surface area (TPSA) is 43.1 Å². The lowest BCUT2D eigenvalue weighted by Crippen LogP contribution is -2.11. The van der Waals surface area contributed by atoms with E-state index >= 15 is 0 Å². The van der Waals surface area contributed by atoms with Crippen molar-refractivity contribution < 1.29 is 0 Å². The first-order valence-corrected chi connectivity index (χ1v) is 3.81. The van der Waals surface area contributed by atoms with Crippen molar-refractivity contribution in [3.63, 3.8) is 0 Å². The van der Waals surface area contributed by atoms with Crippen LogP contribution in [0.4, 0.5) is 0 Å². The highest BCUT2D eigenvalue weighted by atomic mass is 15.3. The molecule has 0 saturated carbocycles. The van der Waals surface area contributed by atoms with Crippen LogP contribution in [0.1, 0.15) is 19.7 Å². The van der Waals surface area contributed by atoms with Crippen LogP contribution < -0.4 is 0 Å². The van der Waals surface area contributed by atoms with Crippen LogP contribution in [0, 0.1) is 0 Å². The molecule has 0 radical (unpaired) electrons. The van der Waals surface area contributed by atoms with E-state index in [1.54, 1.807) is 10.9 Å². The Labute approximate surface area is 70.6 Å². The summed E-state index contributed by atoms with van der Waals surface area (Å²) in [7, 11) is 0. The molecule has 2 rings (SSSR count). The van der Waals surface area contributed by atoms with Crippen LogP contribution in [-0.4, -0.2) is 26.5 Å². The lowest BCUT2D eigenvalue weighted by atomic mass is 10.1. The number of hydrogen-bond acceptors (Lipinski definition) is 3. The predicted octanol–water partition coefficient (Wildman–Crippen LogP) is 0.960. The molecule has 4 nitrogen and oxygen atoms in total. The Morgan fingerprint density at radius 1 is 1.42 bits per heavy atom. The summed E-state index contributed by atoms with van der Waals surface area (Å²) < 4.78 is 1.71. The molecule has 0 bridgehead atoms. The first kappa shape index (κ1) is 7.21. The van der Waals surface area contributed by atoms with Crippen molar-refractivity contribution in [2.45, 2.75) is 19.4 Å². The van der Waals surface area contributed by atoms with Crippen LogP contribution in [0.25, 0.3) is 6.20 Å². The first-order valence-electron chi connectivity index (χ1n) is 3.81. The molecular formula is C8H10N4. The molecule has 0 atom stereocenters. The monoisotopic (exact) mass is 162 g/mol. The number of hydrogen-bond donors (Lipinski definition) is 0. The highest BCUT2D eigenvalue weighted by Crippen LogP contribution is 2.13. The van der Waals surface area contributed by atoms with Gasteiger partial charge in [-0.05, 0) is 19.9 Å². The summed E-state index contributed by atoms with van der Waals surface area (Å²) >= 11 is 0. The van der Waals surface area contributed by atoms with Gasteiger partial charge in [-0.2, -0.15) is 5.10 Å². The molecule has 62 valence electrons. The fourth-order valence-electron chi connectivity index (χ4n) is 0.986. The summed E-state index contributed by atoms with van der Waals surface area (Å²) in [5.41, 5.74) is -0.150. The molecule has 0 fully saturated rings. The van der Waals surface area contributed by atoms with E-state index in [-0.39, 0.29) is 5.54 Å². The largest absolute Gasteiger partial charge is 0.279 e. The summed E-state index contributed by atoms with van der Waals surface area (Å²) in [6.45, 7) is 4.07. The molecule has 0 amide bonds. The van der Waals surface area contributed by atoms with Crippen molar-refractivity contribution in [3.05, 3.63) is 18.2 Å². The van der Waals surface area contributed by atoms with E-state index in [9.17, 15) is 0 Å². The molecular weight excluding hydrogens is 152 g/mol. The van der Waals surface area contributed by atoms with Crippen LogP contribution in [-0.2, 0) is 0 Å². The first-order chi connectivity index (χ1) is 5.67. The Kier molecular flexibility index (Phi) is 1.36. The second-order valence-corrected chi connectivity index (χ2v) is 3.29. The molecule has 1 aromatic rings. The summed E-state index contributed by atoms with van der Waals surface area (Å²) in [5.74, 6) is 0.775. The van der Waals surface area contributed by atoms with Crippen LogP contribution in [0.15, 0.2) is 17.4 Å². The molecule has 2 heterocycles. The SMILES string of the molecule is CC1(C)C=Cn2ncnc2C=N1. The zero-order valence-electron chi connectivity index (χ0n) is 7.10. The zero-order chi connectivity index (χ0) is 8.60. The zero-order valence-corrected chi connectivity index (χ0v) is 7.10. The molecule has 1 aliphatic heterocycles. The van der Waals surface area contributed by atoms with Gasteiger partial charge in [-0.25, -0.2) is 9.67 Å². The molecule has 4 heteroatoms. The quantitative estimate of drug-likeness (QED) is 0.570. The Morgan fingerprint density at radius 2 is 2.25 bits per heavy atom. The van der Waals surface area contributed by atoms with Gasteiger partial charge < -0.3 is 0 Å². The van der Waals surface area contributed by atoms with Gasteiger partial charge in [0.15, 0.2) is 5.82 Å². The minimum absolute atomic E-state index is 0.150. The average molecular weight is 162 g/mol. The van der Waals surface area contributed by atoms with E-state index in [4.69, 9.17) is 0 Å². The highest BCUT2D eigenvalue weighted by molar-refractivity contribution is 5.77. The third-order valence-corrected chi connectivity index (χ3v) is 1.74. The summed E-state index contributed by atoms with van der Waals surface area (Å²) in [4.78, 5) is 8.37. The average Bonchev–Trinajstić information content (AvgIpc) is 2.40. The number of nitrogens with zero attached hydrogens (tertiary/aromatic N) is 4. The van der Waals surface area contributed by atoms with Crippen molar-refractivity contribution in [3.8, 4) is 0 Å². The van der Waals surface area contributed by atoms with Crippen molar-refractivity contribution in [2.75, 3.05) is 0 Å².